The van der Waals surface area contributed by atoms with Crippen molar-refractivity contribution in [3.05, 3.63) is 11.1 Å². The molecular weight excluding hydrogens is 276 g/mol. The summed E-state index contributed by atoms with van der Waals surface area (Å²) in [4.78, 5) is 24.0. The minimum absolute atomic E-state index is 0.269. The first-order valence-corrected chi connectivity index (χ1v) is 5.65. The van der Waals surface area contributed by atoms with Crippen LogP contribution in [0.1, 0.15) is 20.8 Å². The molecule has 0 aromatic heterocycles. The molecule has 92 valence electrons. The largest absolute Gasteiger partial charge is 0.480 e. The first kappa shape index (κ1) is 15.0. The van der Waals surface area contributed by atoms with E-state index in [2.05, 4.69) is 27.8 Å². The second kappa shape index (κ2) is 5.89. The number of nitrogens with zero attached hydrogens (tertiary/aromatic N) is 1. The molecule has 0 unspecified atom stereocenters. The zero-order valence-electron chi connectivity index (χ0n) is 9.71. The van der Waals surface area contributed by atoms with Crippen LogP contribution in [0.3, 0.4) is 0 Å². The van der Waals surface area contributed by atoms with Crippen molar-refractivity contribution in [1.82, 2.24) is 10.2 Å². The number of aliphatic carboxylic acids is 1. The molecule has 0 aliphatic carbocycles. The fourth-order valence-electron chi connectivity index (χ4n) is 1.18. The average Bonchev–Trinajstić information content (AvgIpc) is 2.15. The number of urea groups is 1. The molecule has 0 rings (SSSR count). The van der Waals surface area contributed by atoms with E-state index in [1.54, 1.807) is 6.92 Å². The lowest BCUT2D eigenvalue weighted by molar-refractivity contribution is -0.147. The van der Waals surface area contributed by atoms with E-state index in [1.165, 1.54) is 18.7 Å². The zero-order valence-corrected chi connectivity index (χ0v) is 11.3. The smallest absolute Gasteiger partial charge is 0.329 e. The second-order valence-electron chi connectivity index (χ2n) is 3.78. The van der Waals surface area contributed by atoms with Crippen LogP contribution in [-0.4, -0.2) is 40.6 Å². The van der Waals surface area contributed by atoms with Crippen LogP contribution in [0.2, 0.25) is 0 Å². The Labute approximate surface area is 104 Å². The van der Waals surface area contributed by atoms with E-state index in [0.29, 0.717) is 11.0 Å². The summed E-state index contributed by atoms with van der Waals surface area (Å²) in [6, 6.07) is -0.421. The lowest BCUT2D eigenvalue weighted by Crippen LogP contribution is -2.56. The molecule has 0 spiro atoms. The average molecular weight is 293 g/mol. The molecular formula is C10H17BrN2O3. The minimum atomic E-state index is -1.23. The van der Waals surface area contributed by atoms with Gasteiger partial charge in [-0.1, -0.05) is 22.5 Å². The highest BCUT2D eigenvalue weighted by molar-refractivity contribution is 9.11. The summed E-state index contributed by atoms with van der Waals surface area (Å²) in [7, 11) is 0. The molecule has 0 aliphatic rings. The zero-order chi connectivity index (χ0) is 12.9. The lowest BCUT2D eigenvalue weighted by atomic mass is 10.0. The van der Waals surface area contributed by atoms with Gasteiger partial charge in [-0.05, 0) is 20.8 Å². The number of likely N-dealkylation sites (N-methyl/N-ethyl adjacent to an activating group) is 1. The van der Waals surface area contributed by atoms with Crippen molar-refractivity contribution >= 4 is 27.9 Å². The number of hydrogen-bond acceptors (Lipinski definition) is 2. The van der Waals surface area contributed by atoms with Crippen molar-refractivity contribution in [3.8, 4) is 0 Å². The number of amides is 2. The predicted molar refractivity (Wildman–Crippen MR) is 65.6 cm³/mol. The highest BCUT2D eigenvalue weighted by Gasteiger charge is 2.36. The summed E-state index contributed by atoms with van der Waals surface area (Å²) in [6.07, 6.45) is 0. The van der Waals surface area contributed by atoms with Crippen LogP contribution in [0.15, 0.2) is 11.1 Å². The van der Waals surface area contributed by atoms with Gasteiger partial charge in [0.2, 0.25) is 0 Å². The van der Waals surface area contributed by atoms with Crippen LogP contribution in [0.5, 0.6) is 0 Å². The van der Waals surface area contributed by atoms with Crippen molar-refractivity contribution < 1.29 is 14.7 Å². The second-order valence-corrected chi connectivity index (χ2v) is 4.91. The van der Waals surface area contributed by atoms with Gasteiger partial charge in [0.15, 0.2) is 0 Å². The molecule has 6 heteroatoms. The molecule has 0 heterocycles. The molecule has 16 heavy (non-hydrogen) atoms. The van der Waals surface area contributed by atoms with Gasteiger partial charge in [0, 0.05) is 11.0 Å². The van der Waals surface area contributed by atoms with Crippen molar-refractivity contribution in [3.63, 3.8) is 0 Å². The summed E-state index contributed by atoms with van der Waals surface area (Å²) >= 11 is 3.11. The van der Waals surface area contributed by atoms with Crippen LogP contribution >= 0.6 is 15.9 Å². The van der Waals surface area contributed by atoms with Gasteiger partial charge < -0.3 is 15.3 Å². The highest BCUT2D eigenvalue weighted by Crippen LogP contribution is 2.14. The van der Waals surface area contributed by atoms with E-state index in [1.807, 2.05) is 0 Å². The van der Waals surface area contributed by atoms with Crippen LogP contribution in [0.25, 0.3) is 0 Å². The Balaban J connectivity index is 4.67. The maximum absolute atomic E-state index is 11.7. The Morgan fingerprint density at radius 3 is 2.31 bits per heavy atom. The van der Waals surface area contributed by atoms with Crippen molar-refractivity contribution in [2.75, 3.05) is 13.1 Å². The monoisotopic (exact) mass is 292 g/mol. The fraction of sp³-hybridized carbons (Fsp3) is 0.600. The van der Waals surface area contributed by atoms with Gasteiger partial charge in [0.05, 0.1) is 6.54 Å². The SMILES string of the molecule is C=C(Br)CNC(=O)N(CC)C(C)(C)C(=O)O. The van der Waals surface area contributed by atoms with Gasteiger partial charge in [-0.2, -0.15) is 0 Å². The highest BCUT2D eigenvalue weighted by atomic mass is 79.9. The van der Waals surface area contributed by atoms with Crippen LogP contribution < -0.4 is 5.32 Å². The first-order chi connectivity index (χ1) is 7.23. The summed E-state index contributed by atoms with van der Waals surface area (Å²) in [5.74, 6) is -1.04. The van der Waals surface area contributed by atoms with Crippen molar-refractivity contribution in [1.29, 1.82) is 0 Å². The third kappa shape index (κ3) is 3.84. The van der Waals surface area contributed by atoms with Crippen LogP contribution in [0, 0.1) is 0 Å². The van der Waals surface area contributed by atoms with E-state index >= 15 is 0 Å². The molecule has 0 aromatic carbocycles. The molecule has 0 saturated heterocycles. The molecule has 5 nitrogen and oxygen atoms in total. The molecule has 0 fully saturated rings. The number of carbonyl (C=O) groups is 2. The number of carboxylic acids is 1. The summed E-state index contributed by atoms with van der Waals surface area (Å²) in [5.41, 5.74) is -1.23. The number of nitrogens with one attached hydrogen (secondary N) is 1. The number of carbonyl (C=O) groups excluding carboxylic acids is 1. The van der Waals surface area contributed by atoms with E-state index in [9.17, 15) is 9.59 Å². The molecule has 0 saturated carbocycles. The molecule has 2 N–H and O–H groups in total. The Kier molecular flexibility index (Phi) is 5.50. The lowest BCUT2D eigenvalue weighted by Gasteiger charge is -2.34. The van der Waals surface area contributed by atoms with E-state index in [-0.39, 0.29) is 6.54 Å². The van der Waals surface area contributed by atoms with E-state index in [0.717, 1.165) is 0 Å². The number of carboxylic acid groups (broad SMARTS) is 1. The van der Waals surface area contributed by atoms with Gasteiger partial charge in [0.1, 0.15) is 5.54 Å². The van der Waals surface area contributed by atoms with Gasteiger partial charge in [-0.15, -0.1) is 0 Å². The molecule has 0 radical (unpaired) electrons. The summed E-state index contributed by atoms with van der Waals surface area (Å²) in [5, 5.41) is 11.6. The molecule has 0 atom stereocenters. The summed E-state index contributed by atoms with van der Waals surface area (Å²) in [6.45, 7) is 8.87. The Morgan fingerprint density at radius 2 is 2.00 bits per heavy atom. The normalized spacial score (nSPS) is 10.8. The topological polar surface area (TPSA) is 69.6 Å². The third-order valence-corrected chi connectivity index (χ3v) is 2.47. The number of hydrogen-bond donors (Lipinski definition) is 2. The van der Waals surface area contributed by atoms with Crippen LogP contribution in [-0.2, 0) is 4.79 Å². The number of rotatable bonds is 5. The van der Waals surface area contributed by atoms with Crippen molar-refractivity contribution in [2.45, 2.75) is 26.3 Å². The Morgan fingerprint density at radius 1 is 1.50 bits per heavy atom. The maximum Gasteiger partial charge on any atom is 0.329 e. The molecule has 0 aromatic rings. The van der Waals surface area contributed by atoms with Gasteiger partial charge in [-0.3, -0.25) is 0 Å². The minimum Gasteiger partial charge on any atom is -0.480 e. The quantitative estimate of drug-likeness (QED) is 0.812. The summed E-state index contributed by atoms with van der Waals surface area (Å²) < 4.78 is 0.630. The first-order valence-electron chi connectivity index (χ1n) is 4.85. The number of halogens is 1. The third-order valence-electron chi connectivity index (χ3n) is 2.19. The van der Waals surface area contributed by atoms with E-state index < -0.39 is 17.5 Å². The molecule has 2 amide bonds. The van der Waals surface area contributed by atoms with E-state index in [4.69, 9.17) is 5.11 Å². The van der Waals surface area contributed by atoms with Gasteiger partial charge in [0.25, 0.3) is 0 Å². The molecule has 0 aliphatic heterocycles. The van der Waals surface area contributed by atoms with Crippen molar-refractivity contribution in [2.24, 2.45) is 0 Å². The molecule has 0 bridgehead atoms. The standard InChI is InChI=1S/C10H17BrN2O3/c1-5-13(10(3,4)8(14)15)9(16)12-6-7(2)11/h2,5-6H2,1,3-4H3,(H,12,16)(H,14,15). The fourth-order valence-corrected chi connectivity index (χ4v) is 1.32. The maximum atomic E-state index is 11.7. The predicted octanol–water partition coefficient (Wildman–Crippen LogP) is 1.79. The Hall–Kier alpha value is -1.04. The van der Waals surface area contributed by atoms with Gasteiger partial charge >= 0.3 is 12.0 Å². The Bertz CT molecular complexity index is 302. The van der Waals surface area contributed by atoms with Crippen LogP contribution in [0.4, 0.5) is 4.79 Å². The van der Waals surface area contributed by atoms with Gasteiger partial charge in [-0.25, -0.2) is 9.59 Å².